The first-order chi connectivity index (χ1) is 6.16. The molecule has 0 saturated carbocycles. The number of hydrogen-bond acceptors (Lipinski definition) is 4. The minimum absolute atomic E-state index is 0. The van der Waals surface area contributed by atoms with Gasteiger partial charge in [-0.2, -0.15) is 0 Å². The third kappa shape index (κ3) is 2.00. The Balaban J connectivity index is 0.000000980. The standard InChI is InChI=1S/C8H10N2O3.Li.H/c1-10-3-2-5-6(4-10)13-7(9-5)8(11)12;;/h2-4H2,1H3,(H,11,12);;. The third-order valence-electron chi connectivity index (χ3n) is 2.11. The van der Waals surface area contributed by atoms with Crippen molar-refractivity contribution in [3.8, 4) is 0 Å². The number of rotatable bonds is 1. The molecule has 0 fully saturated rings. The summed E-state index contributed by atoms with van der Waals surface area (Å²) in [5, 5.41) is 8.63. The summed E-state index contributed by atoms with van der Waals surface area (Å²) in [7, 11) is 1.96. The number of likely N-dealkylation sites (N-methyl/N-ethyl adjacent to an activating group) is 1. The summed E-state index contributed by atoms with van der Waals surface area (Å²) in [4.78, 5) is 16.5. The fourth-order valence-electron chi connectivity index (χ4n) is 1.41. The first-order valence-corrected chi connectivity index (χ1v) is 4.07. The topological polar surface area (TPSA) is 66.6 Å². The van der Waals surface area contributed by atoms with Crippen molar-refractivity contribution in [2.24, 2.45) is 0 Å². The van der Waals surface area contributed by atoms with Gasteiger partial charge in [0.15, 0.2) is 0 Å². The van der Waals surface area contributed by atoms with Gasteiger partial charge in [-0.3, -0.25) is 4.90 Å². The van der Waals surface area contributed by atoms with Gasteiger partial charge >= 0.3 is 30.7 Å². The summed E-state index contributed by atoms with van der Waals surface area (Å²) in [6.07, 6.45) is 0.766. The molecule has 6 heteroatoms. The van der Waals surface area contributed by atoms with Gasteiger partial charge in [0.2, 0.25) is 0 Å². The van der Waals surface area contributed by atoms with E-state index in [0.29, 0.717) is 12.3 Å². The van der Waals surface area contributed by atoms with Crippen molar-refractivity contribution in [2.45, 2.75) is 13.0 Å². The Morgan fingerprint density at radius 1 is 1.64 bits per heavy atom. The quantitative estimate of drug-likeness (QED) is 0.616. The third-order valence-corrected chi connectivity index (χ3v) is 2.11. The van der Waals surface area contributed by atoms with Gasteiger partial charge in [-0.25, -0.2) is 9.78 Å². The number of oxazole rings is 1. The molecule has 1 aromatic heterocycles. The van der Waals surface area contributed by atoms with Crippen LogP contribution >= 0.6 is 0 Å². The van der Waals surface area contributed by atoms with E-state index in [0.717, 1.165) is 18.7 Å². The molecule has 0 unspecified atom stereocenters. The molecule has 1 N–H and O–H groups in total. The van der Waals surface area contributed by atoms with Gasteiger partial charge in [0.05, 0.1) is 12.2 Å². The van der Waals surface area contributed by atoms with Crippen LogP contribution in [0.2, 0.25) is 0 Å². The van der Waals surface area contributed by atoms with E-state index in [2.05, 4.69) is 9.88 Å². The molecule has 2 rings (SSSR count). The number of fused-ring (bicyclic) bond motifs is 1. The van der Waals surface area contributed by atoms with Crippen molar-refractivity contribution in [2.75, 3.05) is 13.6 Å². The summed E-state index contributed by atoms with van der Waals surface area (Å²) in [6.45, 7) is 1.55. The van der Waals surface area contributed by atoms with Crippen molar-refractivity contribution in [3.05, 3.63) is 17.3 Å². The molecule has 0 radical (unpaired) electrons. The average Bonchev–Trinajstić information content (AvgIpc) is 2.46. The maximum atomic E-state index is 10.5. The Labute approximate surface area is 93.3 Å². The second-order valence-electron chi connectivity index (χ2n) is 3.18. The molecule has 1 aliphatic heterocycles. The number of carboxylic acids is 1. The predicted molar refractivity (Wildman–Crippen MR) is 50.6 cm³/mol. The van der Waals surface area contributed by atoms with Crippen LogP contribution in [0.3, 0.4) is 0 Å². The Hall–Kier alpha value is -0.763. The van der Waals surface area contributed by atoms with E-state index in [-0.39, 0.29) is 24.8 Å². The first-order valence-electron chi connectivity index (χ1n) is 4.07. The Bertz CT molecular complexity index is 350. The van der Waals surface area contributed by atoms with Crippen LogP contribution in [0.25, 0.3) is 0 Å². The molecular weight excluding hydrogens is 179 g/mol. The van der Waals surface area contributed by atoms with Gasteiger partial charge in [0.25, 0.3) is 0 Å². The molecule has 0 amide bonds. The van der Waals surface area contributed by atoms with E-state index in [4.69, 9.17) is 9.52 Å². The maximum absolute atomic E-state index is 10.5. The van der Waals surface area contributed by atoms with Gasteiger partial charge in [-0.05, 0) is 7.05 Å². The van der Waals surface area contributed by atoms with Crippen LogP contribution in [-0.4, -0.2) is 53.4 Å². The molecule has 0 spiro atoms. The summed E-state index contributed by atoms with van der Waals surface area (Å²) in [5.74, 6) is -0.608. The van der Waals surface area contributed by atoms with Crippen LogP contribution in [0.4, 0.5) is 0 Å². The monoisotopic (exact) mass is 190 g/mol. The van der Waals surface area contributed by atoms with E-state index in [9.17, 15) is 4.79 Å². The van der Waals surface area contributed by atoms with Gasteiger partial charge < -0.3 is 9.52 Å². The minimum atomic E-state index is -1.10. The number of carboxylic acid groups (broad SMARTS) is 1. The average molecular weight is 190 g/mol. The van der Waals surface area contributed by atoms with Crippen LogP contribution in [-0.2, 0) is 13.0 Å². The normalized spacial score (nSPS) is 15.8. The Kier molecular flexibility index (Phi) is 3.37. The molecule has 0 saturated heterocycles. The zero-order chi connectivity index (χ0) is 9.42. The van der Waals surface area contributed by atoms with Gasteiger partial charge in [0, 0.05) is 13.0 Å². The van der Waals surface area contributed by atoms with E-state index in [1.54, 1.807) is 0 Å². The van der Waals surface area contributed by atoms with Crippen LogP contribution in [0.5, 0.6) is 0 Å². The van der Waals surface area contributed by atoms with Crippen LogP contribution in [0, 0.1) is 0 Å². The Morgan fingerprint density at radius 3 is 3.00 bits per heavy atom. The summed E-state index contributed by atoms with van der Waals surface area (Å²) in [5.41, 5.74) is 0.788. The van der Waals surface area contributed by atoms with E-state index in [1.165, 1.54) is 0 Å². The number of carbonyl (C=O) groups is 1. The Morgan fingerprint density at radius 2 is 2.36 bits per heavy atom. The van der Waals surface area contributed by atoms with Gasteiger partial charge in [-0.1, -0.05) is 0 Å². The van der Waals surface area contributed by atoms with Crippen molar-refractivity contribution < 1.29 is 14.3 Å². The second-order valence-corrected chi connectivity index (χ2v) is 3.18. The molecule has 2 heterocycles. The van der Waals surface area contributed by atoms with Crippen LogP contribution in [0.1, 0.15) is 22.1 Å². The number of aromatic nitrogens is 1. The predicted octanol–water partition coefficient (Wildman–Crippen LogP) is -0.288. The summed E-state index contributed by atoms with van der Waals surface area (Å²) in [6, 6.07) is 0. The SMILES string of the molecule is CN1CCc2nc(C(=O)O)oc2C1.[LiH]. The van der Waals surface area contributed by atoms with Crippen molar-refractivity contribution >= 4 is 24.8 Å². The molecule has 0 aliphatic carbocycles. The zero-order valence-corrected chi connectivity index (χ0v) is 7.28. The molecule has 0 atom stereocenters. The van der Waals surface area contributed by atoms with E-state index in [1.807, 2.05) is 7.05 Å². The molecule has 14 heavy (non-hydrogen) atoms. The van der Waals surface area contributed by atoms with E-state index >= 15 is 0 Å². The molecular formula is C8H11LiN2O3. The zero-order valence-electron chi connectivity index (χ0n) is 7.28. The van der Waals surface area contributed by atoms with Crippen molar-refractivity contribution in [1.82, 2.24) is 9.88 Å². The fraction of sp³-hybridized carbons (Fsp3) is 0.500. The molecule has 5 nitrogen and oxygen atoms in total. The van der Waals surface area contributed by atoms with Gasteiger partial charge in [-0.15, -0.1) is 0 Å². The fourth-order valence-corrected chi connectivity index (χ4v) is 1.41. The molecule has 0 bridgehead atoms. The van der Waals surface area contributed by atoms with Crippen molar-refractivity contribution in [3.63, 3.8) is 0 Å². The van der Waals surface area contributed by atoms with Gasteiger partial charge in [0.1, 0.15) is 5.76 Å². The molecule has 1 aromatic rings. The number of aromatic carboxylic acids is 1. The number of hydrogen-bond donors (Lipinski definition) is 1. The number of nitrogens with zero attached hydrogens (tertiary/aromatic N) is 2. The summed E-state index contributed by atoms with van der Waals surface area (Å²) >= 11 is 0. The van der Waals surface area contributed by atoms with Crippen LogP contribution < -0.4 is 0 Å². The van der Waals surface area contributed by atoms with E-state index < -0.39 is 5.97 Å². The molecule has 72 valence electrons. The first kappa shape index (κ1) is 11.3. The van der Waals surface area contributed by atoms with Crippen LogP contribution in [0.15, 0.2) is 4.42 Å². The summed E-state index contributed by atoms with van der Waals surface area (Å²) < 4.78 is 5.09. The van der Waals surface area contributed by atoms with Crippen molar-refractivity contribution in [1.29, 1.82) is 0 Å². The molecule has 1 aliphatic rings. The second kappa shape index (κ2) is 4.18. The molecule has 0 aromatic carbocycles.